The van der Waals surface area contributed by atoms with Crippen LogP contribution in [-0.2, 0) is 20.1 Å². The van der Waals surface area contributed by atoms with Crippen LogP contribution in [-0.4, -0.2) is 42.4 Å². The van der Waals surface area contributed by atoms with E-state index in [9.17, 15) is 19.2 Å². The molecule has 142 valence electrons. The number of rotatable bonds is 7. The van der Waals surface area contributed by atoms with Crippen molar-refractivity contribution in [2.75, 3.05) is 12.9 Å². The van der Waals surface area contributed by atoms with E-state index in [1.165, 1.54) is 25.8 Å². The molecule has 0 spiro atoms. The lowest BCUT2D eigenvalue weighted by Crippen LogP contribution is -2.50. The number of thioether (sulfide) groups is 1. The summed E-state index contributed by atoms with van der Waals surface area (Å²) < 4.78 is 5.25. The molecule has 0 bridgehead atoms. The van der Waals surface area contributed by atoms with Crippen molar-refractivity contribution in [3.63, 3.8) is 0 Å². The number of ether oxygens (including phenoxy) is 1. The Kier molecular flexibility index (Phi) is 8.63. The minimum Gasteiger partial charge on any atom is -0.496 e. The summed E-state index contributed by atoms with van der Waals surface area (Å²) >= 11 is 1.28. The van der Waals surface area contributed by atoms with E-state index in [0.717, 1.165) is 5.56 Å². The summed E-state index contributed by atoms with van der Waals surface area (Å²) in [7, 11) is 1.53. The van der Waals surface area contributed by atoms with Crippen LogP contribution in [0.15, 0.2) is 18.2 Å². The van der Waals surface area contributed by atoms with E-state index >= 15 is 0 Å². The number of hydrogen-bond acceptors (Lipinski definition) is 6. The van der Waals surface area contributed by atoms with E-state index in [0.29, 0.717) is 17.1 Å². The minimum absolute atomic E-state index is 0.0551. The second kappa shape index (κ2) is 10.4. The zero-order chi connectivity index (χ0) is 19.7. The zero-order valence-corrected chi connectivity index (χ0v) is 16.0. The van der Waals surface area contributed by atoms with Gasteiger partial charge >= 0.3 is 11.8 Å². The maximum Gasteiger partial charge on any atom is 0.327 e. The largest absolute Gasteiger partial charge is 0.496 e. The molecule has 8 nitrogen and oxygen atoms in total. The van der Waals surface area contributed by atoms with Crippen LogP contribution in [0.3, 0.4) is 0 Å². The van der Waals surface area contributed by atoms with E-state index in [1.807, 2.05) is 5.43 Å². The van der Waals surface area contributed by atoms with Crippen molar-refractivity contribution in [2.45, 2.75) is 32.6 Å². The normalized spacial score (nSPS) is 10.2. The van der Waals surface area contributed by atoms with Gasteiger partial charge < -0.3 is 10.1 Å². The number of carbonyl (C=O) groups is 4. The third kappa shape index (κ3) is 7.14. The Balaban J connectivity index is 2.47. The van der Waals surface area contributed by atoms with Gasteiger partial charge in [0.1, 0.15) is 5.75 Å². The SMILES string of the molecule is COc1ccc(C(C)=O)cc1CSCC(=O)NNC(=O)C(=O)NC(C)C. The second-order valence-electron chi connectivity index (χ2n) is 5.71. The van der Waals surface area contributed by atoms with E-state index in [2.05, 4.69) is 10.7 Å². The van der Waals surface area contributed by atoms with Crippen LogP contribution in [0.25, 0.3) is 0 Å². The average molecular weight is 381 g/mol. The predicted molar refractivity (Wildman–Crippen MR) is 98.7 cm³/mol. The van der Waals surface area contributed by atoms with Crippen molar-refractivity contribution in [3.8, 4) is 5.75 Å². The Morgan fingerprint density at radius 3 is 2.38 bits per heavy atom. The lowest BCUT2D eigenvalue weighted by Gasteiger charge is -2.11. The van der Waals surface area contributed by atoms with Gasteiger partial charge in [-0.05, 0) is 39.0 Å². The van der Waals surface area contributed by atoms with Crippen LogP contribution < -0.4 is 20.9 Å². The summed E-state index contributed by atoms with van der Waals surface area (Å²) in [6, 6.07) is 4.93. The van der Waals surface area contributed by atoms with Crippen LogP contribution in [0.2, 0.25) is 0 Å². The van der Waals surface area contributed by atoms with Gasteiger partial charge in [-0.3, -0.25) is 30.0 Å². The van der Waals surface area contributed by atoms with Crippen molar-refractivity contribution in [2.24, 2.45) is 0 Å². The molecule has 0 atom stereocenters. The molecule has 0 aliphatic heterocycles. The van der Waals surface area contributed by atoms with Gasteiger partial charge in [0.25, 0.3) is 0 Å². The molecule has 26 heavy (non-hydrogen) atoms. The third-order valence-corrected chi connectivity index (χ3v) is 4.10. The number of carbonyl (C=O) groups excluding carboxylic acids is 4. The molecule has 3 N–H and O–H groups in total. The molecule has 1 rings (SSSR count). The number of hydrogen-bond donors (Lipinski definition) is 3. The first-order chi connectivity index (χ1) is 12.2. The van der Waals surface area contributed by atoms with Crippen molar-refractivity contribution < 1.29 is 23.9 Å². The first-order valence-corrected chi connectivity index (χ1v) is 9.05. The van der Waals surface area contributed by atoms with Gasteiger partial charge in [0.2, 0.25) is 5.91 Å². The minimum atomic E-state index is -0.937. The number of amides is 3. The van der Waals surface area contributed by atoms with Crippen molar-refractivity contribution in [3.05, 3.63) is 29.3 Å². The van der Waals surface area contributed by atoms with Crippen molar-refractivity contribution in [1.29, 1.82) is 0 Å². The molecule has 0 heterocycles. The summed E-state index contributed by atoms with van der Waals surface area (Å²) in [5, 5.41) is 2.41. The lowest BCUT2D eigenvalue weighted by atomic mass is 10.1. The van der Waals surface area contributed by atoms with Crippen LogP contribution in [0.4, 0.5) is 0 Å². The van der Waals surface area contributed by atoms with Gasteiger partial charge in [0.15, 0.2) is 5.78 Å². The van der Waals surface area contributed by atoms with E-state index in [-0.39, 0.29) is 17.6 Å². The molecule has 0 unspecified atom stereocenters. The highest BCUT2D eigenvalue weighted by atomic mass is 32.2. The topological polar surface area (TPSA) is 114 Å². The van der Waals surface area contributed by atoms with Gasteiger partial charge in [-0.25, -0.2) is 0 Å². The summed E-state index contributed by atoms with van der Waals surface area (Å²) in [4.78, 5) is 46.1. The zero-order valence-electron chi connectivity index (χ0n) is 15.2. The molecule has 0 saturated heterocycles. The number of benzene rings is 1. The summed E-state index contributed by atoms with van der Waals surface area (Å²) in [5.41, 5.74) is 5.58. The molecule has 0 aliphatic carbocycles. The maximum atomic E-state index is 11.7. The highest BCUT2D eigenvalue weighted by Crippen LogP contribution is 2.24. The summed E-state index contributed by atoms with van der Waals surface area (Å²) in [5.74, 6) is -1.14. The monoisotopic (exact) mass is 381 g/mol. The molecule has 0 radical (unpaired) electrons. The number of methoxy groups -OCH3 is 1. The lowest BCUT2D eigenvalue weighted by molar-refractivity contribution is -0.141. The maximum absolute atomic E-state index is 11.7. The summed E-state index contributed by atoms with van der Waals surface area (Å²) in [6.45, 7) is 4.91. The Morgan fingerprint density at radius 1 is 1.12 bits per heavy atom. The first kappa shape index (κ1) is 21.5. The molecular weight excluding hydrogens is 358 g/mol. The van der Waals surface area contributed by atoms with Crippen molar-refractivity contribution in [1.82, 2.24) is 16.2 Å². The molecule has 0 saturated carbocycles. The van der Waals surface area contributed by atoms with E-state index in [1.54, 1.807) is 32.0 Å². The average Bonchev–Trinajstić information content (AvgIpc) is 2.58. The highest BCUT2D eigenvalue weighted by Gasteiger charge is 2.15. The van der Waals surface area contributed by atoms with Gasteiger partial charge in [0.05, 0.1) is 12.9 Å². The smallest absolute Gasteiger partial charge is 0.327 e. The molecule has 3 amide bonds. The second-order valence-corrected chi connectivity index (χ2v) is 6.69. The van der Waals surface area contributed by atoms with Gasteiger partial charge in [-0.1, -0.05) is 0 Å². The third-order valence-electron chi connectivity index (χ3n) is 3.12. The number of nitrogens with one attached hydrogen (secondary N) is 3. The van der Waals surface area contributed by atoms with Crippen LogP contribution in [0.5, 0.6) is 5.75 Å². The van der Waals surface area contributed by atoms with Gasteiger partial charge in [-0.15, -0.1) is 11.8 Å². The molecule has 1 aromatic carbocycles. The fourth-order valence-corrected chi connectivity index (χ4v) is 2.72. The van der Waals surface area contributed by atoms with E-state index < -0.39 is 17.7 Å². The molecule has 0 fully saturated rings. The molecule has 0 aliphatic rings. The van der Waals surface area contributed by atoms with Crippen molar-refractivity contribution >= 4 is 35.3 Å². The number of ketones is 1. The van der Waals surface area contributed by atoms with Crippen LogP contribution in [0.1, 0.15) is 36.7 Å². The highest BCUT2D eigenvalue weighted by molar-refractivity contribution is 7.99. The fraction of sp³-hybridized carbons (Fsp3) is 0.412. The number of Topliss-reactive ketones (excluding diaryl/α,β-unsaturated/α-hetero) is 1. The quantitative estimate of drug-likeness (QED) is 0.366. The van der Waals surface area contributed by atoms with E-state index in [4.69, 9.17) is 4.74 Å². The first-order valence-electron chi connectivity index (χ1n) is 7.89. The standard InChI is InChI=1S/C17H23N3O5S/c1-10(2)18-16(23)17(24)20-19-15(22)9-26-8-13-7-12(11(3)21)5-6-14(13)25-4/h5-7,10H,8-9H2,1-4H3,(H,18,23)(H,19,22)(H,20,24). The van der Waals surface area contributed by atoms with Gasteiger partial charge in [0, 0.05) is 22.9 Å². The molecule has 9 heteroatoms. The van der Waals surface area contributed by atoms with Crippen LogP contribution >= 0.6 is 11.8 Å². The molecule has 0 aromatic heterocycles. The molecule has 1 aromatic rings. The Bertz CT molecular complexity index is 691. The Morgan fingerprint density at radius 2 is 1.81 bits per heavy atom. The summed E-state index contributed by atoms with van der Waals surface area (Å²) in [6.07, 6.45) is 0. The van der Waals surface area contributed by atoms with Crippen LogP contribution in [0, 0.1) is 0 Å². The Hall–Kier alpha value is -2.55. The van der Waals surface area contributed by atoms with Gasteiger partial charge in [-0.2, -0.15) is 0 Å². The molecular formula is C17H23N3O5S. The predicted octanol–water partition coefficient (Wildman–Crippen LogP) is 0.803. The number of hydrazine groups is 1. The fourth-order valence-electron chi connectivity index (χ4n) is 1.91. The Labute approximate surface area is 156 Å².